The average molecular weight is 294 g/mol. The lowest BCUT2D eigenvalue weighted by Gasteiger charge is -2.28. The predicted octanol–water partition coefficient (Wildman–Crippen LogP) is 2.63. The molecule has 0 aromatic rings. The van der Waals surface area contributed by atoms with Crippen LogP contribution in [0.1, 0.15) is 53.4 Å². The topological polar surface area (TPSA) is 72.2 Å². The molecule has 4 heteroatoms. The number of allylic oxidation sites excluding steroid dienone is 1. The van der Waals surface area contributed by atoms with Crippen molar-refractivity contribution in [3.63, 3.8) is 0 Å². The minimum Gasteiger partial charge on any atom is -0.369 e. The fourth-order valence-corrected chi connectivity index (χ4v) is 2.81. The van der Waals surface area contributed by atoms with Gasteiger partial charge in [-0.1, -0.05) is 13.0 Å². The Morgan fingerprint density at radius 2 is 1.95 bits per heavy atom. The zero-order chi connectivity index (χ0) is 16.2. The molecule has 3 N–H and O–H groups in total. The molecule has 0 aromatic heterocycles. The van der Waals surface area contributed by atoms with Gasteiger partial charge in [0.25, 0.3) is 0 Å². The van der Waals surface area contributed by atoms with Crippen molar-refractivity contribution in [1.29, 1.82) is 0 Å². The SMILES string of the molecule is C=CCCC(C(N)=O)[C@@H](CC1CC1C)C(=O)NC(C)(C)C. The van der Waals surface area contributed by atoms with Crippen molar-refractivity contribution < 1.29 is 9.59 Å². The number of nitrogens with two attached hydrogens (primary N) is 1. The van der Waals surface area contributed by atoms with Gasteiger partial charge >= 0.3 is 0 Å². The highest BCUT2D eigenvalue weighted by Gasteiger charge is 2.41. The van der Waals surface area contributed by atoms with Gasteiger partial charge < -0.3 is 11.1 Å². The maximum Gasteiger partial charge on any atom is 0.224 e. The summed E-state index contributed by atoms with van der Waals surface area (Å²) < 4.78 is 0. The number of carbonyl (C=O) groups excluding carboxylic acids is 2. The Hall–Kier alpha value is -1.32. The van der Waals surface area contributed by atoms with Crippen LogP contribution in [-0.2, 0) is 9.59 Å². The molecule has 4 atom stereocenters. The lowest BCUT2D eigenvalue weighted by Crippen LogP contribution is -2.47. The van der Waals surface area contributed by atoms with Crippen molar-refractivity contribution in [2.45, 2.75) is 58.9 Å². The van der Waals surface area contributed by atoms with Crippen LogP contribution >= 0.6 is 0 Å². The summed E-state index contributed by atoms with van der Waals surface area (Å²) in [7, 11) is 0. The summed E-state index contributed by atoms with van der Waals surface area (Å²) in [6, 6.07) is 0. The van der Waals surface area contributed by atoms with Gasteiger partial charge in [-0.2, -0.15) is 0 Å². The van der Waals surface area contributed by atoms with Crippen molar-refractivity contribution in [2.24, 2.45) is 29.4 Å². The molecule has 21 heavy (non-hydrogen) atoms. The summed E-state index contributed by atoms with van der Waals surface area (Å²) in [6.07, 6.45) is 4.98. The minimum absolute atomic E-state index is 0.0468. The zero-order valence-corrected chi connectivity index (χ0v) is 13.8. The van der Waals surface area contributed by atoms with Crippen LogP contribution in [0.15, 0.2) is 12.7 Å². The molecule has 1 saturated carbocycles. The summed E-state index contributed by atoms with van der Waals surface area (Å²) in [5.41, 5.74) is 5.26. The largest absolute Gasteiger partial charge is 0.369 e. The first-order valence-electron chi connectivity index (χ1n) is 7.88. The Kier molecular flexibility index (Phi) is 5.99. The highest BCUT2D eigenvalue weighted by Crippen LogP contribution is 2.44. The van der Waals surface area contributed by atoms with E-state index in [9.17, 15) is 9.59 Å². The maximum absolute atomic E-state index is 12.6. The van der Waals surface area contributed by atoms with E-state index in [4.69, 9.17) is 5.73 Å². The smallest absolute Gasteiger partial charge is 0.224 e. The molecule has 0 aliphatic heterocycles. The summed E-state index contributed by atoms with van der Waals surface area (Å²) in [4.78, 5) is 24.4. The van der Waals surface area contributed by atoms with Crippen molar-refractivity contribution in [3.05, 3.63) is 12.7 Å². The Morgan fingerprint density at radius 1 is 1.38 bits per heavy atom. The molecular formula is C17H30N2O2. The Balaban J connectivity index is 2.84. The number of amides is 2. The van der Waals surface area contributed by atoms with E-state index in [0.29, 0.717) is 24.7 Å². The average Bonchev–Trinajstić information content (AvgIpc) is 3.01. The predicted molar refractivity (Wildman–Crippen MR) is 85.4 cm³/mol. The van der Waals surface area contributed by atoms with Crippen LogP contribution in [0.2, 0.25) is 0 Å². The van der Waals surface area contributed by atoms with Crippen LogP contribution in [0.3, 0.4) is 0 Å². The normalized spacial score (nSPS) is 24.0. The first-order chi connectivity index (χ1) is 9.65. The minimum atomic E-state index is -0.404. The van der Waals surface area contributed by atoms with E-state index in [1.54, 1.807) is 6.08 Å². The molecule has 0 saturated heterocycles. The van der Waals surface area contributed by atoms with Crippen LogP contribution in [0.25, 0.3) is 0 Å². The summed E-state index contributed by atoms with van der Waals surface area (Å²) >= 11 is 0. The number of rotatable bonds is 8. The van der Waals surface area contributed by atoms with Crippen molar-refractivity contribution in [2.75, 3.05) is 0 Å². The highest BCUT2D eigenvalue weighted by atomic mass is 16.2. The second-order valence-corrected chi connectivity index (χ2v) is 7.43. The summed E-state index contributed by atoms with van der Waals surface area (Å²) in [5.74, 6) is 0.0533. The van der Waals surface area contributed by atoms with Crippen molar-refractivity contribution in [1.82, 2.24) is 5.32 Å². The van der Waals surface area contributed by atoms with Crippen LogP contribution < -0.4 is 11.1 Å². The molecule has 2 amide bonds. The second kappa shape index (κ2) is 7.10. The molecule has 0 spiro atoms. The first-order valence-corrected chi connectivity index (χ1v) is 7.88. The molecule has 1 fully saturated rings. The molecule has 1 rings (SSSR count). The van der Waals surface area contributed by atoms with Gasteiger partial charge in [-0.15, -0.1) is 6.58 Å². The van der Waals surface area contributed by atoms with E-state index in [0.717, 1.165) is 12.8 Å². The molecule has 0 radical (unpaired) electrons. The van der Waals surface area contributed by atoms with E-state index < -0.39 is 5.92 Å². The third-order valence-corrected chi connectivity index (χ3v) is 4.20. The maximum atomic E-state index is 12.6. The van der Waals surface area contributed by atoms with Crippen LogP contribution in [0, 0.1) is 23.7 Å². The molecule has 3 unspecified atom stereocenters. The number of primary amides is 1. The first kappa shape index (κ1) is 17.7. The van der Waals surface area contributed by atoms with Gasteiger partial charge in [0, 0.05) is 17.4 Å². The van der Waals surface area contributed by atoms with Gasteiger partial charge in [0.1, 0.15) is 0 Å². The number of hydrogen-bond donors (Lipinski definition) is 2. The number of hydrogen-bond acceptors (Lipinski definition) is 2. The summed E-state index contributed by atoms with van der Waals surface area (Å²) in [6.45, 7) is 11.7. The molecule has 120 valence electrons. The van der Waals surface area contributed by atoms with Crippen LogP contribution in [0.5, 0.6) is 0 Å². The molecule has 1 aliphatic rings. The van der Waals surface area contributed by atoms with Gasteiger partial charge in [-0.3, -0.25) is 9.59 Å². The molecule has 1 aliphatic carbocycles. The molecule has 0 bridgehead atoms. The van der Waals surface area contributed by atoms with Crippen molar-refractivity contribution >= 4 is 11.8 Å². The van der Waals surface area contributed by atoms with E-state index in [2.05, 4.69) is 18.8 Å². The third-order valence-electron chi connectivity index (χ3n) is 4.20. The monoisotopic (exact) mass is 294 g/mol. The highest BCUT2D eigenvalue weighted by molar-refractivity contribution is 5.87. The van der Waals surface area contributed by atoms with Gasteiger partial charge in [-0.05, 0) is 58.3 Å². The summed E-state index contributed by atoms with van der Waals surface area (Å²) in [5, 5.41) is 3.01. The number of nitrogens with one attached hydrogen (secondary N) is 1. The van der Waals surface area contributed by atoms with E-state index in [1.165, 1.54) is 0 Å². The van der Waals surface area contributed by atoms with E-state index in [1.807, 2.05) is 20.8 Å². The lowest BCUT2D eigenvalue weighted by atomic mass is 9.82. The van der Waals surface area contributed by atoms with Gasteiger partial charge in [0.15, 0.2) is 0 Å². The van der Waals surface area contributed by atoms with E-state index in [-0.39, 0.29) is 23.3 Å². The quantitative estimate of drug-likeness (QED) is 0.675. The third kappa shape index (κ3) is 5.90. The standard InChI is InChI=1S/C17H30N2O2/c1-6-7-8-13(15(18)20)14(10-12-9-11(12)2)16(21)19-17(3,4)5/h6,11-14H,1,7-10H2,2-5H3,(H2,18,20)(H,19,21)/t11?,12?,13?,14-/m1/s1. The Labute approximate surface area is 128 Å². The van der Waals surface area contributed by atoms with Gasteiger partial charge in [-0.25, -0.2) is 0 Å². The zero-order valence-electron chi connectivity index (χ0n) is 13.8. The van der Waals surface area contributed by atoms with Gasteiger partial charge in [0.05, 0.1) is 0 Å². The van der Waals surface area contributed by atoms with E-state index >= 15 is 0 Å². The molecule has 4 nitrogen and oxygen atoms in total. The van der Waals surface area contributed by atoms with Crippen LogP contribution in [-0.4, -0.2) is 17.4 Å². The van der Waals surface area contributed by atoms with Gasteiger partial charge in [0.2, 0.25) is 11.8 Å². The fraction of sp³-hybridized carbons (Fsp3) is 0.765. The Bertz CT molecular complexity index is 398. The Morgan fingerprint density at radius 3 is 2.33 bits per heavy atom. The van der Waals surface area contributed by atoms with Crippen molar-refractivity contribution in [3.8, 4) is 0 Å². The molecule has 0 aromatic carbocycles. The lowest BCUT2D eigenvalue weighted by molar-refractivity contribution is -0.135. The molecule has 0 heterocycles. The molecular weight excluding hydrogens is 264 g/mol. The second-order valence-electron chi connectivity index (χ2n) is 7.43. The number of carbonyl (C=O) groups is 2. The fourth-order valence-electron chi connectivity index (χ4n) is 2.81. The van der Waals surface area contributed by atoms with Crippen LogP contribution in [0.4, 0.5) is 0 Å².